The normalized spacial score (nSPS) is 15.0. The lowest BCUT2D eigenvalue weighted by Crippen LogP contribution is -2.37. The van der Waals surface area contributed by atoms with Crippen molar-refractivity contribution in [2.24, 2.45) is 4.99 Å². The lowest BCUT2D eigenvalue weighted by Gasteiger charge is -2.17. The molecule has 1 saturated carbocycles. The molecule has 0 aliphatic heterocycles. The Hall–Kier alpha value is -1.67. The lowest BCUT2D eigenvalue weighted by molar-refractivity contribution is 0.460. The fourth-order valence-corrected chi connectivity index (χ4v) is 5.28. The summed E-state index contributed by atoms with van der Waals surface area (Å²) in [6.07, 6.45) is 11.3. The summed E-state index contributed by atoms with van der Waals surface area (Å²) in [5.41, 5.74) is 2.59. The second-order valence-electron chi connectivity index (χ2n) is 7.68. The Kier molecular flexibility index (Phi) is 8.93. The zero-order chi connectivity index (χ0) is 21.3. The maximum absolute atomic E-state index is 4.49. The standard InChI is InChI=1S/C22H34N6S2/c1-16-11-12-17(19(14-16)29-3)15-25-21(23-2)24-13-7-10-20-26-27-22(30-4)28(20)18-8-5-6-9-18/h11-12,14,18H,5-10,13,15H2,1-4H3,(H2,23,24,25). The zero-order valence-corrected chi connectivity index (χ0v) is 20.2. The molecular formula is C22H34N6S2. The van der Waals surface area contributed by atoms with Gasteiger partial charge < -0.3 is 15.2 Å². The monoisotopic (exact) mass is 446 g/mol. The third-order valence-corrected chi connectivity index (χ3v) is 7.05. The number of aromatic nitrogens is 3. The van der Waals surface area contributed by atoms with Crippen molar-refractivity contribution in [2.75, 3.05) is 26.1 Å². The van der Waals surface area contributed by atoms with Gasteiger partial charge in [0.2, 0.25) is 0 Å². The summed E-state index contributed by atoms with van der Waals surface area (Å²) in [7, 11) is 1.82. The van der Waals surface area contributed by atoms with Crippen LogP contribution >= 0.6 is 23.5 Å². The highest BCUT2D eigenvalue weighted by atomic mass is 32.2. The number of aliphatic imine (C=N–C) groups is 1. The van der Waals surface area contributed by atoms with Crippen LogP contribution in [0.25, 0.3) is 0 Å². The van der Waals surface area contributed by atoms with Gasteiger partial charge in [0.05, 0.1) is 0 Å². The first-order valence-electron chi connectivity index (χ1n) is 10.7. The Morgan fingerprint density at radius 1 is 1.17 bits per heavy atom. The molecule has 1 fully saturated rings. The number of nitrogens with one attached hydrogen (secondary N) is 2. The molecule has 3 rings (SSSR count). The van der Waals surface area contributed by atoms with E-state index in [0.29, 0.717) is 6.04 Å². The molecule has 0 radical (unpaired) electrons. The lowest BCUT2D eigenvalue weighted by atomic mass is 10.1. The van der Waals surface area contributed by atoms with Crippen molar-refractivity contribution in [3.8, 4) is 0 Å². The van der Waals surface area contributed by atoms with E-state index in [2.05, 4.69) is 68.0 Å². The molecule has 30 heavy (non-hydrogen) atoms. The van der Waals surface area contributed by atoms with Crippen molar-refractivity contribution in [3.05, 3.63) is 35.2 Å². The fraction of sp³-hybridized carbons (Fsp3) is 0.591. The van der Waals surface area contributed by atoms with Crippen molar-refractivity contribution in [1.29, 1.82) is 0 Å². The topological polar surface area (TPSA) is 67.1 Å². The molecule has 0 bridgehead atoms. The third kappa shape index (κ3) is 5.94. The smallest absolute Gasteiger partial charge is 0.191 e. The number of benzene rings is 1. The summed E-state index contributed by atoms with van der Waals surface area (Å²) in [6, 6.07) is 7.18. The minimum atomic E-state index is 0.583. The highest BCUT2D eigenvalue weighted by Crippen LogP contribution is 2.33. The molecule has 1 heterocycles. The Morgan fingerprint density at radius 3 is 2.67 bits per heavy atom. The highest BCUT2D eigenvalue weighted by Gasteiger charge is 2.23. The maximum Gasteiger partial charge on any atom is 0.191 e. The van der Waals surface area contributed by atoms with E-state index >= 15 is 0 Å². The average molecular weight is 447 g/mol. The number of aryl methyl sites for hydroxylation is 2. The van der Waals surface area contributed by atoms with E-state index in [1.54, 1.807) is 23.5 Å². The van der Waals surface area contributed by atoms with Gasteiger partial charge in [0.1, 0.15) is 5.82 Å². The van der Waals surface area contributed by atoms with Crippen LogP contribution in [0, 0.1) is 6.92 Å². The second kappa shape index (κ2) is 11.6. The number of nitrogens with zero attached hydrogens (tertiary/aromatic N) is 4. The van der Waals surface area contributed by atoms with Crippen molar-refractivity contribution in [3.63, 3.8) is 0 Å². The first kappa shape index (κ1) is 23.0. The van der Waals surface area contributed by atoms with Gasteiger partial charge in [-0.15, -0.1) is 22.0 Å². The summed E-state index contributed by atoms with van der Waals surface area (Å²) >= 11 is 3.49. The summed E-state index contributed by atoms with van der Waals surface area (Å²) in [6.45, 7) is 3.76. The Labute approximate surface area is 189 Å². The van der Waals surface area contributed by atoms with Crippen LogP contribution in [-0.4, -0.2) is 46.8 Å². The summed E-state index contributed by atoms with van der Waals surface area (Å²) in [4.78, 5) is 5.68. The Morgan fingerprint density at radius 2 is 1.97 bits per heavy atom. The van der Waals surface area contributed by atoms with Crippen LogP contribution < -0.4 is 10.6 Å². The van der Waals surface area contributed by atoms with Crippen molar-refractivity contribution < 1.29 is 0 Å². The zero-order valence-electron chi connectivity index (χ0n) is 18.6. The molecule has 1 aliphatic rings. The van der Waals surface area contributed by atoms with Crippen LogP contribution in [-0.2, 0) is 13.0 Å². The summed E-state index contributed by atoms with van der Waals surface area (Å²) in [5, 5.41) is 16.8. The SMILES string of the molecule is CN=C(NCCCc1nnc(SC)n1C1CCCC1)NCc1ccc(C)cc1SC. The second-order valence-corrected chi connectivity index (χ2v) is 9.30. The predicted molar refractivity (Wildman–Crippen MR) is 129 cm³/mol. The van der Waals surface area contributed by atoms with Crippen LogP contribution in [0.4, 0.5) is 0 Å². The number of rotatable bonds is 9. The van der Waals surface area contributed by atoms with Gasteiger partial charge in [-0.1, -0.05) is 36.7 Å². The van der Waals surface area contributed by atoms with Gasteiger partial charge >= 0.3 is 0 Å². The van der Waals surface area contributed by atoms with Gasteiger partial charge in [-0.25, -0.2) is 0 Å². The van der Waals surface area contributed by atoms with E-state index in [0.717, 1.165) is 42.9 Å². The van der Waals surface area contributed by atoms with E-state index in [-0.39, 0.29) is 0 Å². The molecule has 1 aromatic carbocycles. The minimum absolute atomic E-state index is 0.583. The molecular weight excluding hydrogens is 412 g/mol. The summed E-state index contributed by atoms with van der Waals surface area (Å²) < 4.78 is 2.39. The third-order valence-electron chi connectivity index (χ3n) is 5.59. The molecule has 0 amide bonds. The minimum Gasteiger partial charge on any atom is -0.356 e. The number of hydrogen-bond donors (Lipinski definition) is 2. The molecule has 0 atom stereocenters. The van der Waals surface area contributed by atoms with Gasteiger partial charge in [-0.2, -0.15) is 0 Å². The Bertz CT molecular complexity index is 842. The van der Waals surface area contributed by atoms with Gasteiger partial charge in [0.15, 0.2) is 11.1 Å². The van der Waals surface area contributed by atoms with E-state index < -0.39 is 0 Å². The molecule has 0 unspecified atom stereocenters. The van der Waals surface area contributed by atoms with Crippen molar-refractivity contribution >= 4 is 29.5 Å². The summed E-state index contributed by atoms with van der Waals surface area (Å²) in [5.74, 6) is 1.96. The highest BCUT2D eigenvalue weighted by molar-refractivity contribution is 7.98. The number of guanidine groups is 1. The molecule has 6 nitrogen and oxygen atoms in total. The molecule has 0 spiro atoms. The van der Waals surface area contributed by atoms with E-state index in [1.807, 2.05) is 7.05 Å². The molecule has 2 aromatic rings. The van der Waals surface area contributed by atoms with Gasteiger partial charge in [0, 0.05) is 37.5 Å². The fourth-order valence-electron chi connectivity index (χ4n) is 4.00. The largest absolute Gasteiger partial charge is 0.356 e. The quantitative estimate of drug-likeness (QED) is 0.257. The predicted octanol–water partition coefficient (Wildman–Crippen LogP) is 4.44. The maximum atomic E-state index is 4.49. The van der Waals surface area contributed by atoms with E-state index in [1.165, 1.54) is 41.7 Å². The first-order valence-corrected chi connectivity index (χ1v) is 13.2. The van der Waals surface area contributed by atoms with Gasteiger partial charge in [0.25, 0.3) is 0 Å². The molecule has 164 valence electrons. The molecule has 1 aliphatic carbocycles. The van der Waals surface area contributed by atoms with Crippen LogP contribution in [0.2, 0.25) is 0 Å². The van der Waals surface area contributed by atoms with E-state index in [9.17, 15) is 0 Å². The van der Waals surface area contributed by atoms with Crippen LogP contribution in [0.5, 0.6) is 0 Å². The van der Waals surface area contributed by atoms with E-state index in [4.69, 9.17) is 0 Å². The van der Waals surface area contributed by atoms with Gasteiger partial charge in [-0.3, -0.25) is 4.99 Å². The van der Waals surface area contributed by atoms with Gasteiger partial charge in [-0.05, 0) is 55.9 Å². The molecule has 8 heteroatoms. The molecule has 2 N–H and O–H groups in total. The van der Waals surface area contributed by atoms with Crippen LogP contribution in [0.1, 0.15) is 55.1 Å². The molecule has 0 saturated heterocycles. The van der Waals surface area contributed by atoms with Crippen LogP contribution in [0.3, 0.4) is 0 Å². The van der Waals surface area contributed by atoms with Crippen molar-refractivity contribution in [1.82, 2.24) is 25.4 Å². The number of thioether (sulfide) groups is 2. The average Bonchev–Trinajstić information content (AvgIpc) is 3.43. The van der Waals surface area contributed by atoms with Crippen LogP contribution in [0.15, 0.2) is 33.2 Å². The molecule has 1 aromatic heterocycles. The number of hydrogen-bond acceptors (Lipinski definition) is 5. The first-order chi connectivity index (χ1) is 14.7. The Balaban J connectivity index is 1.48. The van der Waals surface area contributed by atoms with Crippen molar-refractivity contribution in [2.45, 2.75) is 68.1 Å².